The van der Waals surface area contributed by atoms with Gasteiger partial charge in [0, 0.05) is 17.2 Å². The lowest BCUT2D eigenvalue weighted by Crippen LogP contribution is -2.32. The summed E-state index contributed by atoms with van der Waals surface area (Å²) in [5.41, 5.74) is 13.3. The molecule has 3 N–H and O–H groups in total. The van der Waals surface area contributed by atoms with Crippen LogP contribution in [0.2, 0.25) is 0 Å². The van der Waals surface area contributed by atoms with Crippen LogP contribution in [0.25, 0.3) is 10.4 Å². The Hall–Kier alpha value is -0.910. The number of aliphatic carboxylic acids is 1. The van der Waals surface area contributed by atoms with Gasteiger partial charge in [0.2, 0.25) is 0 Å². The van der Waals surface area contributed by atoms with Crippen LogP contribution in [-0.4, -0.2) is 35.2 Å². The summed E-state index contributed by atoms with van der Waals surface area (Å²) < 4.78 is 0. The third kappa shape index (κ3) is 7.72. The summed E-state index contributed by atoms with van der Waals surface area (Å²) in [7, 11) is 0. The highest BCUT2D eigenvalue weighted by atomic mass is 32.2. The SMILES string of the molecule is [N-]=[N+]=NCCCCSC[C@H](N)C(=O)O. The molecule has 0 aromatic heterocycles. The molecule has 0 saturated heterocycles. The number of carboxylic acid groups (broad SMARTS) is 1. The molecule has 80 valence electrons. The fourth-order valence-corrected chi connectivity index (χ4v) is 1.68. The molecule has 0 aromatic carbocycles. The molecule has 0 heterocycles. The summed E-state index contributed by atoms with van der Waals surface area (Å²) in [4.78, 5) is 12.9. The Labute approximate surface area is 86.5 Å². The van der Waals surface area contributed by atoms with E-state index in [1.807, 2.05) is 0 Å². The predicted molar refractivity (Wildman–Crippen MR) is 56.2 cm³/mol. The molecule has 0 saturated carbocycles. The van der Waals surface area contributed by atoms with E-state index in [2.05, 4.69) is 10.0 Å². The Morgan fingerprint density at radius 3 is 2.93 bits per heavy atom. The van der Waals surface area contributed by atoms with Gasteiger partial charge in [0.05, 0.1) is 0 Å². The fraction of sp³-hybridized carbons (Fsp3) is 0.857. The average Bonchev–Trinajstić information content (AvgIpc) is 2.16. The van der Waals surface area contributed by atoms with Gasteiger partial charge in [-0.2, -0.15) is 11.8 Å². The summed E-state index contributed by atoms with van der Waals surface area (Å²) in [6.45, 7) is 0.502. The van der Waals surface area contributed by atoms with Crippen LogP contribution in [0.5, 0.6) is 0 Å². The van der Waals surface area contributed by atoms with E-state index in [1.54, 1.807) is 0 Å². The minimum Gasteiger partial charge on any atom is -0.480 e. The van der Waals surface area contributed by atoms with Gasteiger partial charge in [-0.25, -0.2) is 0 Å². The molecule has 0 aliphatic rings. The van der Waals surface area contributed by atoms with Gasteiger partial charge in [-0.05, 0) is 24.1 Å². The summed E-state index contributed by atoms with van der Waals surface area (Å²) in [6.07, 6.45) is 1.75. The zero-order chi connectivity index (χ0) is 10.8. The average molecular weight is 218 g/mol. The molecule has 0 bridgehead atoms. The van der Waals surface area contributed by atoms with Crippen LogP contribution in [0, 0.1) is 0 Å². The lowest BCUT2D eigenvalue weighted by molar-refractivity contribution is -0.137. The first-order valence-electron chi connectivity index (χ1n) is 4.25. The molecule has 0 fully saturated rings. The van der Waals surface area contributed by atoms with Crippen molar-refractivity contribution in [3.05, 3.63) is 10.4 Å². The Bertz CT molecular complexity index is 218. The monoisotopic (exact) mass is 218 g/mol. The maximum Gasteiger partial charge on any atom is 0.321 e. The van der Waals surface area contributed by atoms with Crippen LogP contribution < -0.4 is 5.73 Å². The summed E-state index contributed by atoms with van der Waals surface area (Å²) >= 11 is 1.51. The normalized spacial score (nSPS) is 11.8. The van der Waals surface area contributed by atoms with Gasteiger partial charge in [0.25, 0.3) is 0 Å². The largest absolute Gasteiger partial charge is 0.480 e. The molecule has 0 amide bonds. The molecule has 1 atom stereocenters. The van der Waals surface area contributed by atoms with Crippen molar-refractivity contribution in [3.8, 4) is 0 Å². The van der Waals surface area contributed by atoms with E-state index in [0.29, 0.717) is 12.3 Å². The summed E-state index contributed by atoms with van der Waals surface area (Å²) in [6, 6.07) is -0.780. The van der Waals surface area contributed by atoms with Gasteiger partial charge in [-0.3, -0.25) is 4.79 Å². The first kappa shape index (κ1) is 13.1. The number of nitrogens with two attached hydrogens (primary N) is 1. The van der Waals surface area contributed by atoms with E-state index < -0.39 is 12.0 Å². The molecule has 0 radical (unpaired) electrons. The number of carboxylic acids is 1. The second-order valence-corrected chi connectivity index (χ2v) is 3.83. The minimum atomic E-state index is -0.966. The van der Waals surface area contributed by atoms with Gasteiger partial charge >= 0.3 is 5.97 Å². The second kappa shape index (κ2) is 8.68. The minimum absolute atomic E-state index is 0.427. The molecule has 14 heavy (non-hydrogen) atoms. The Morgan fingerprint density at radius 1 is 1.64 bits per heavy atom. The van der Waals surface area contributed by atoms with Crippen molar-refractivity contribution in [2.75, 3.05) is 18.1 Å². The van der Waals surface area contributed by atoms with Crippen LogP contribution in [0.15, 0.2) is 5.11 Å². The van der Waals surface area contributed by atoms with Crippen molar-refractivity contribution in [1.82, 2.24) is 0 Å². The van der Waals surface area contributed by atoms with E-state index in [1.165, 1.54) is 11.8 Å². The van der Waals surface area contributed by atoms with Crippen LogP contribution in [-0.2, 0) is 4.79 Å². The Morgan fingerprint density at radius 2 is 2.36 bits per heavy atom. The highest BCUT2D eigenvalue weighted by Gasteiger charge is 2.09. The fourth-order valence-electron chi connectivity index (χ4n) is 0.713. The molecule has 0 aromatic rings. The second-order valence-electron chi connectivity index (χ2n) is 2.68. The van der Waals surface area contributed by atoms with Crippen LogP contribution in [0.1, 0.15) is 12.8 Å². The van der Waals surface area contributed by atoms with Crippen molar-refractivity contribution < 1.29 is 9.90 Å². The molecule has 6 nitrogen and oxygen atoms in total. The number of unbranched alkanes of at least 4 members (excludes halogenated alkanes) is 1. The number of carbonyl (C=O) groups is 1. The van der Waals surface area contributed by atoms with Gasteiger partial charge in [0.1, 0.15) is 6.04 Å². The molecule has 0 spiro atoms. The molecule has 7 heteroatoms. The van der Waals surface area contributed by atoms with E-state index in [4.69, 9.17) is 16.4 Å². The van der Waals surface area contributed by atoms with Crippen molar-refractivity contribution in [2.45, 2.75) is 18.9 Å². The number of hydrogen-bond donors (Lipinski definition) is 2. The maximum absolute atomic E-state index is 10.3. The third-order valence-electron chi connectivity index (χ3n) is 1.47. The lowest BCUT2D eigenvalue weighted by atomic mass is 10.3. The van der Waals surface area contributed by atoms with Crippen LogP contribution in [0.4, 0.5) is 0 Å². The number of rotatable bonds is 8. The van der Waals surface area contributed by atoms with Crippen molar-refractivity contribution in [3.63, 3.8) is 0 Å². The zero-order valence-corrected chi connectivity index (χ0v) is 8.61. The van der Waals surface area contributed by atoms with E-state index in [0.717, 1.165) is 18.6 Å². The van der Waals surface area contributed by atoms with Gasteiger partial charge in [-0.1, -0.05) is 5.11 Å². The standard InChI is InChI=1S/C7H14N4O2S/c8-6(7(12)13)5-14-4-2-1-3-10-11-9/h6H,1-5,8H2,(H,12,13)/t6-/m0/s1. The van der Waals surface area contributed by atoms with Crippen molar-refractivity contribution >= 4 is 17.7 Å². The molecular weight excluding hydrogens is 204 g/mol. The highest BCUT2D eigenvalue weighted by molar-refractivity contribution is 7.99. The Balaban J connectivity index is 3.21. The van der Waals surface area contributed by atoms with Gasteiger partial charge < -0.3 is 10.8 Å². The smallest absolute Gasteiger partial charge is 0.321 e. The molecule has 0 aliphatic heterocycles. The Kier molecular flexibility index (Phi) is 8.11. The van der Waals surface area contributed by atoms with E-state index >= 15 is 0 Å². The summed E-state index contributed by atoms with van der Waals surface area (Å²) in [5, 5.41) is 11.8. The van der Waals surface area contributed by atoms with E-state index in [9.17, 15) is 4.79 Å². The zero-order valence-electron chi connectivity index (χ0n) is 7.80. The topological polar surface area (TPSA) is 112 Å². The highest BCUT2D eigenvalue weighted by Crippen LogP contribution is 2.06. The number of hydrogen-bond acceptors (Lipinski definition) is 4. The number of azide groups is 1. The number of nitrogens with zero attached hydrogens (tertiary/aromatic N) is 3. The maximum atomic E-state index is 10.3. The lowest BCUT2D eigenvalue weighted by Gasteiger charge is -2.04. The number of thioether (sulfide) groups is 1. The van der Waals surface area contributed by atoms with Crippen LogP contribution in [0.3, 0.4) is 0 Å². The van der Waals surface area contributed by atoms with Crippen LogP contribution >= 0.6 is 11.8 Å². The van der Waals surface area contributed by atoms with Crippen molar-refractivity contribution in [2.24, 2.45) is 10.8 Å². The molecule has 0 unspecified atom stereocenters. The van der Waals surface area contributed by atoms with E-state index in [-0.39, 0.29) is 0 Å². The van der Waals surface area contributed by atoms with Gasteiger partial charge in [-0.15, -0.1) is 0 Å². The van der Waals surface area contributed by atoms with Crippen molar-refractivity contribution in [1.29, 1.82) is 0 Å². The molecular formula is C7H14N4O2S. The third-order valence-corrected chi connectivity index (χ3v) is 2.65. The molecule has 0 aliphatic carbocycles. The predicted octanol–water partition coefficient (Wildman–Crippen LogP) is 1.22. The quantitative estimate of drug-likeness (QED) is 0.276. The first-order valence-corrected chi connectivity index (χ1v) is 5.41. The van der Waals surface area contributed by atoms with Gasteiger partial charge in [0.15, 0.2) is 0 Å². The first-order chi connectivity index (χ1) is 6.68. The summed E-state index contributed by atoms with van der Waals surface area (Å²) in [5.74, 6) is 0.310. The molecule has 0 rings (SSSR count).